The first kappa shape index (κ1) is 13.4. The summed E-state index contributed by atoms with van der Waals surface area (Å²) in [7, 11) is 1.68. The average Bonchev–Trinajstić information content (AvgIpc) is 2.77. The monoisotopic (exact) mass is 242 g/mol. The number of hydrogen-bond acceptors (Lipinski definition) is 3. The number of rotatable bonds is 8. The number of hydrogen-bond donors (Lipinski definition) is 0. The van der Waals surface area contributed by atoms with Gasteiger partial charge >= 0.3 is 0 Å². The summed E-state index contributed by atoms with van der Waals surface area (Å²) in [6.07, 6.45) is 5.01. The van der Waals surface area contributed by atoms with Gasteiger partial charge in [0.25, 0.3) is 0 Å². The van der Waals surface area contributed by atoms with Crippen LogP contribution in [0.2, 0.25) is 0 Å². The van der Waals surface area contributed by atoms with E-state index in [2.05, 4.69) is 13.8 Å². The van der Waals surface area contributed by atoms with Gasteiger partial charge in [-0.05, 0) is 12.3 Å². The predicted octanol–water partition coefficient (Wildman–Crippen LogP) is 4.35. The van der Waals surface area contributed by atoms with E-state index in [1.807, 2.05) is 10.8 Å². The van der Waals surface area contributed by atoms with Crippen molar-refractivity contribution in [2.24, 2.45) is 5.92 Å². The molecule has 0 fully saturated rings. The summed E-state index contributed by atoms with van der Waals surface area (Å²) in [5.41, 5.74) is 0. The minimum Gasteiger partial charge on any atom is -0.492 e. The molecule has 0 saturated heterocycles. The van der Waals surface area contributed by atoms with Gasteiger partial charge in [0, 0.05) is 10.8 Å². The summed E-state index contributed by atoms with van der Waals surface area (Å²) < 4.78 is 11.0. The summed E-state index contributed by atoms with van der Waals surface area (Å²) in [4.78, 5) is 0. The van der Waals surface area contributed by atoms with Gasteiger partial charge in [0.05, 0.1) is 13.7 Å². The van der Waals surface area contributed by atoms with Crippen LogP contribution in [0.4, 0.5) is 0 Å². The van der Waals surface area contributed by atoms with Crippen molar-refractivity contribution in [3.63, 3.8) is 0 Å². The van der Waals surface area contributed by atoms with Gasteiger partial charge in [0.1, 0.15) is 0 Å². The number of thiophene rings is 1. The van der Waals surface area contributed by atoms with Crippen molar-refractivity contribution in [3.05, 3.63) is 10.8 Å². The SMILES string of the molecule is CCCCC(CC)COc1cscc1OC. The Labute approximate surface area is 103 Å². The molecule has 1 rings (SSSR count). The van der Waals surface area contributed by atoms with Gasteiger partial charge in [0.15, 0.2) is 11.5 Å². The van der Waals surface area contributed by atoms with Gasteiger partial charge in [-0.15, -0.1) is 11.3 Å². The molecule has 1 aromatic heterocycles. The molecule has 3 heteroatoms. The van der Waals surface area contributed by atoms with Crippen LogP contribution in [0.5, 0.6) is 11.5 Å². The van der Waals surface area contributed by atoms with E-state index in [-0.39, 0.29) is 0 Å². The quantitative estimate of drug-likeness (QED) is 0.674. The van der Waals surface area contributed by atoms with E-state index >= 15 is 0 Å². The van der Waals surface area contributed by atoms with Crippen molar-refractivity contribution >= 4 is 11.3 Å². The first-order valence-corrected chi connectivity index (χ1v) is 6.99. The van der Waals surface area contributed by atoms with Crippen molar-refractivity contribution < 1.29 is 9.47 Å². The van der Waals surface area contributed by atoms with Crippen LogP contribution in [0, 0.1) is 5.92 Å². The van der Waals surface area contributed by atoms with Gasteiger partial charge < -0.3 is 9.47 Å². The van der Waals surface area contributed by atoms with E-state index in [9.17, 15) is 0 Å². The summed E-state index contributed by atoms with van der Waals surface area (Å²) >= 11 is 1.62. The van der Waals surface area contributed by atoms with E-state index in [0.717, 1.165) is 18.1 Å². The zero-order chi connectivity index (χ0) is 11.8. The molecule has 0 amide bonds. The van der Waals surface area contributed by atoms with Crippen LogP contribution in [0.3, 0.4) is 0 Å². The summed E-state index contributed by atoms with van der Waals surface area (Å²) in [6, 6.07) is 0. The minimum absolute atomic E-state index is 0.671. The molecule has 0 N–H and O–H groups in total. The molecule has 0 spiro atoms. The molecule has 92 valence electrons. The van der Waals surface area contributed by atoms with Crippen LogP contribution in [-0.2, 0) is 0 Å². The van der Waals surface area contributed by atoms with Crippen LogP contribution in [-0.4, -0.2) is 13.7 Å². The Kier molecular flexibility index (Phi) is 6.31. The predicted molar refractivity (Wildman–Crippen MR) is 69.7 cm³/mol. The zero-order valence-corrected chi connectivity index (χ0v) is 11.3. The molecule has 0 aliphatic carbocycles. The summed E-state index contributed by atoms with van der Waals surface area (Å²) in [5, 5.41) is 3.98. The lowest BCUT2D eigenvalue weighted by Crippen LogP contribution is -2.11. The summed E-state index contributed by atoms with van der Waals surface area (Å²) in [5.74, 6) is 2.42. The molecule has 0 bridgehead atoms. The second kappa shape index (κ2) is 7.55. The third-order valence-corrected chi connectivity index (χ3v) is 3.53. The molecule has 2 nitrogen and oxygen atoms in total. The largest absolute Gasteiger partial charge is 0.492 e. The molecule has 1 unspecified atom stereocenters. The van der Waals surface area contributed by atoms with Crippen molar-refractivity contribution in [2.75, 3.05) is 13.7 Å². The van der Waals surface area contributed by atoms with Gasteiger partial charge in [-0.3, -0.25) is 0 Å². The molecule has 0 aliphatic rings. The molecule has 1 atom stereocenters. The van der Waals surface area contributed by atoms with Crippen LogP contribution in [0.25, 0.3) is 0 Å². The molecule has 0 aliphatic heterocycles. The highest BCUT2D eigenvalue weighted by Gasteiger charge is 2.10. The van der Waals surface area contributed by atoms with Gasteiger partial charge in [-0.1, -0.05) is 33.1 Å². The molecule has 1 heterocycles. The van der Waals surface area contributed by atoms with Gasteiger partial charge in [-0.2, -0.15) is 0 Å². The first-order chi connectivity index (χ1) is 7.81. The van der Waals surface area contributed by atoms with Crippen molar-refractivity contribution in [1.29, 1.82) is 0 Å². The Bertz CT molecular complexity index is 283. The zero-order valence-electron chi connectivity index (χ0n) is 10.5. The highest BCUT2D eigenvalue weighted by molar-refractivity contribution is 7.08. The van der Waals surface area contributed by atoms with Crippen molar-refractivity contribution in [1.82, 2.24) is 0 Å². The Morgan fingerprint density at radius 2 is 2.00 bits per heavy atom. The smallest absolute Gasteiger partial charge is 0.171 e. The maximum Gasteiger partial charge on any atom is 0.171 e. The van der Waals surface area contributed by atoms with Crippen LogP contribution in [0.15, 0.2) is 10.8 Å². The molecule has 0 radical (unpaired) electrons. The van der Waals surface area contributed by atoms with Crippen molar-refractivity contribution in [3.8, 4) is 11.5 Å². The highest BCUT2D eigenvalue weighted by Crippen LogP contribution is 2.31. The second-order valence-corrected chi connectivity index (χ2v) is 4.78. The number of methoxy groups -OCH3 is 1. The van der Waals surface area contributed by atoms with E-state index < -0.39 is 0 Å². The fraction of sp³-hybridized carbons (Fsp3) is 0.692. The molecule has 16 heavy (non-hydrogen) atoms. The molecule has 0 saturated carbocycles. The van der Waals surface area contributed by atoms with Gasteiger partial charge in [0.2, 0.25) is 0 Å². The number of unbranched alkanes of at least 4 members (excludes halogenated alkanes) is 1. The van der Waals surface area contributed by atoms with E-state index in [4.69, 9.17) is 9.47 Å². The summed E-state index contributed by atoms with van der Waals surface area (Å²) in [6.45, 7) is 5.27. The highest BCUT2D eigenvalue weighted by atomic mass is 32.1. The molecular weight excluding hydrogens is 220 g/mol. The standard InChI is InChI=1S/C13H22O2S/c1-4-6-7-11(5-2)8-15-13-10-16-9-12(13)14-3/h9-11H,4-8H2,1-3H3. The average molecular weight is 242 g/mol. The lowest BCUT2D eigenvalue weighted by Gasteiger charge is -2.15. The maximum absolute atomic E-state index is 5.80. The van der Waals surface area contributed by atoms with Crippen LogP contribution >= 0.6 is 11.3 Å². The Hall–Kier alpha value is -0.700. The molecule has 1 aromatic rings. The van der Waals surface area contributed by atoms with E-state index in [1.54, 1.807) is 18.4 Å². The molecule has 0 aromatic carbocycles. The lowest BCUT2D eigenvalue weighted by molar-refractivity contribution is 0.225. The third kappa shape index (κ3) is 4.05. The lowest BCUT2D eigenvalue weighted by atomic mass is 10.0. The topological polar surface area (TPSA) is 18.5 Å². The van der Waals surface area contributed by atoms with Gasteiger partial charge in [-0.25, -0.2) is 0 Å². The number of ether oxygens (including phenoxy) is 2. The minimum atomic E-state index is 0.671. The Balaban J connectivity index is 2.36. The maximum atomic E-state index is 5.80. The Morgan fingerprint density at radius 1 is 1.25 bits per heavy atom. The first-order valence-electron chi connectivity index (χ1n) is 6.04. The second-order valence-electron chi connectivity index (χ2n) is 4.03. The Morgan fingerprint density at radius 3 is 2.62 bits per heavy atom. The molecular formula is C13H22O2S. The normalized spacial score (nSPS) is 12.4. The van der Waals surface area contributed by atoms with Crippen LogP contribution < -0.4 is 9.47 Å². The van der Waals surface area contributed by atoms with E-state index in [1.165, 1.54) is 25.7 Å². The van der Waals surface area contributed by atoms with Crippen LogP contribution in [0.1, 0.15) is 39.5 Å². The van der Waals surface area contributed by atoms with Crippen molar-refractivity contribution in [2.45, 2.75) is 39.5 Å². The van der Waals surface area contributed by atoms with E-state index in [0.29, 0.717) is 5.92 Å². The fourth-order valence-corrected chi connectivity index (χ4v) is 2.35. The fourth-order valence-electron chi connectivity index (χ4n) is 1.63. The third-order valence-electron chi connectivity index (χ3n) is 2.83.